The van der Waals surface area contributed by atoms with E-state index in [1.54, 1.807) is 0 Å². The van der Waals surface area contributed by atoms with E-state index in [4.69, 9.17) is 0 Å². The van der Waals surface area contributed by atoms with Crippen LogP contribution in [0.15, 0.2) is 6.07 Å². The molecule has 0 saturated heterocycles. The molecule has 2 aliphatic carbocycles. The Bertz CT molecular complexity index is 468. The van der Waals surface area contributed by atoms with E-state index >= 15 is 0 Å². The Morgan fingerprint density at radius 1 is 1.10 bits per heavy atom. The molecule has 3 rings (SSSR count). The molecule has 0 atom stereocenters. The number of nitrogens with one attached hydrogen (secondary N) is 2. The number of hydrogen-bond acceptors (Lipinski definition) is 5. The SMILES string of the molecule is CCNc1cc(NCCN(CC)C2CC2)nc(C2CC2)n1. The molecule has 0 aromatic carbocycles. The van der Waals surface area contributed by atoms with E-state index in [0.29, 0.717) is 5.92 Å². The zero-order chi connectivity index (χ0) is 14.7. The van der Waals surface area contributed by atoms with Gasteiger partial charge in [-0.1, -0.05) is 6.92 Å². The highest BCUT2D eigenvalue weighted by molar-refractivity contribution is 5.48. The van der Waals surface area contributed by atoms with Crippen molar-refractivity contribution in [1.29, 1.82) is 0 Å². The summed E-state index contributed by atoms with van der Waals surface area (Å²) in [6.07, 6.45) is 5.22. The molecule has 0 amide bonds. The molecule has 0 unspecified atom stereocenters. The summed E-state index contributed by atoms with van der Waals surface area (Å²) in [5.74, 6) is 3.51. The van der Waals surface area contributed by atoms with Gasteiger partial charge in [0, 0.05) is 37.7 Å². The number of nitrogens with zero attached hydrogens (tertiary/aromatic N) is 3. The highest BCUT2D eigenvalue weighted by atomic mass is 15.2. The predicted octanol–water partition coefficient (Wildman–Crippen LogP) is 2.68. The van der Waals surface area contributed by atoms with Crippen LogP contribution in [0.3, 0.4) is 0 Å². The largest absolute Gasteiger partial charge is 0.370 e. The Kier molecular flexibility index (Phi) is 4.58. The van der Waals surface area contributed by atoms with Gasteiger partial charge < -0.3 is 10.6 Å². The van der Waals surface area contributed by atoms with Crippen molar-refractivity contribution in [2.75, 3.05) is 36.8 Å². The summed E-state index contributed by atoms with van der Waals surface area (Å²) in [5, 5.41) is 6.79. The van der Waals surface area contributed by atoms with Crippen molar-refractivity contribution in [2.24, 2.45) is 0 Å². The van der Waals surface area contributed by atoms with E-state index in [1.165, 1.54) is 25.7 Å². The van der Waals surface area contributed by atoms with Crippen LogP contribution in [-0.2, 0) is 0 Å². The summed E-state index contributed by atoms with van der Waals surface area (Å²) in [6, 6.07) is 2.87. The third-order valence-corrected chi connectivity index (χ3v) is 4.22. The molecule has 0 bridgehead atoms. The topological polar surface area (TPSA) is 53.1 Å². The second-order valence-corrected chi connectivity index (χ2v) is 6.09. The molecule has 2 fully saturated rings. The van der Waals surface area contributed by atoms with Crippen molar-refractivity contribution in [3.63, 3.8) is 0 Å². The second-order valence-electron chi connectivity index (χ2n) is 6.09. The lowest BCUT2D eigenvalue weighted by atomic mass is 10.3. The van der Waals surface area contributed by atoms with Gasteiger partial charge in [0.2, 0.25) is 0 Å². The van der Waals surface area contributed by atoms with Crippen LogP contribution in [0.5, 0.6) is 0 Å². The fraction of sp³-hybridized carbons (Fsp3) is 0.750. The Morgan fingerprint density at radius 2 is 1.81 bits per heavy atom. The minimum Gasteiger partial charge on any atom is -0.370 e. The van der Waals surface area contributed by atoms with Gasteiger partial charge in [-0.2, -0.15) is 0 Å². The van der Waals surface area contributed by atoms with Crippen LogP contribution in [0, 0.1) is 0 Å². The average molecular weight is 289 g/mol. The molecular formula is C16H27N5. The van der Waals surface area contributed by atoms with E-state index < -0.39 is 0 Å². The molecule has 1 heterocycles. The van der Waals surface area contributed by atoms with Crippen molar-refractivity contribution in [3.05, 3.63) is 11.9 Å². The maximum Gasteiger partial charge on any atom is 0.136 e. The van der Waals surface area contributed by atoms with Gasteiger partial charge in [-0.05, 0) is 39.2 Å². The summed E-state index contributed by atoms with van der Waals surface area (Å²) in [7, 11) is 0. The van der Waals surface area contributed by atoms with Gasteiger partial charge in [0.25, 0.3) is 0 Å². The Morgan fingerprint density at radius 3 is 2.38 bits per heavy atom. The smallest absolute Gasteiger partial charge is 0.136 e. The summed E-state index contributed by atoms with van der Waals surface area (Å²) < 4.78 is 0. The van der Waals surface area contributed by atoms with Gasteiger partial charge in [0.05, 0.1) is 0 Å². The fourth-order valence-corrected chi connectivity index (χ4v) is 2.72. The maximum absolute atomic E-state index is 4.68. The van der Waals surface area contributed by atoms with E-state index in [2.05, 4.69) is 39.3 Å². The molecule has 116 valence electrons. The molecule has 5 nitrogen and oxygen atoms in total. The zero-order valence-electron chi connectivity index (χ0n) is 13.2. The van der Waals surface area contributed by atoms with Crippen LogP contribution in [0.4, 0.5) is 11.6 Å². The summed E-state index contributed by atoms with van der Waals surface area (Å²) in [6.45, 7) is 8.44. The third kappa shape index (κ3) is 4.06. The number of hydrogen-bond donors (Lipinski definition) is 2. The molecule has 2 N–H and O–H groups in total. The van der Waals surface area contributed by atoms with Crippen molar-refractivity contribution in [1.82, 2.24) is 14.9 Å². The summed E-state index contributed by atoms with van der Waals surface area (Å²) >= 11 is 0. The van der Waals surface area contributed by atoms with Gasteiger partial charge in [-0.25, -0.2) is 9.97 Å². The van der Waals surface area contributed by atoms with Crippen LogP contribution in [0.1, 0.15) is 51.3 Å². The summed E-state index contributed by atoms with van der Waals surface area (Å²) in [4.78, 5) is 11.8. The van der Waals surface area contributed by atoms with Gasteiger partial charge in [-0.3, -0.25) is 4.90 Å². The molecule has 0 spiro atoms. The lowest BCUT2D eigenvalue weighted by Crippen LogP contribution is -2.31. The quantitative estimate of drug-likeness (QED) is 0.732. The lowest BCUT2D eigenvalue weighted by molar-refractivity contribution is 0.289. The number of aromatic nitrogens is 2. The van der Waals surface area contributed by atoms with Crippen LogP contribution in [0.2, 0.25) is 0 Å². The van der Waals surface area contributed by atoms with E-state index in [-0.39, 0.29) is 0 Å². The highest BCUT2D eigenvalue weighted by Gasteiger charge is 2.28. The molecule has 2 aliphatic rings. The maximum atomic E-state index is 4.68. The average Bonchev–Trinajstić information content (AvgIpc) is 3.37. The molecule has 5 heteroatoms. The fourth-order valence-electron chi connectivity index (χ4n) is 2.72. The minimum atomic E-state index is 0.586. The monoisotopic (exact) mass is 289 g/mol. The van der Waals surface area contributed by atoms with Crippen molar-refractivity contribution in [3.8, 4) is 0 Å². The zero-order valence-corrected chi connectivity index (χ0v) is 13.2. The standard InChI is InChI=1S/C16H27N5/c1-3-17-14-11-15(20-16(19-14)12-5-6-12)18-9-10-21(4-2)13-7-8-13/h11-13H,3-10H2,1-2H3,(H2,17,18,19,20). The van der Waals surface area contributed by atoms with Crippen LogP contribution in [0.25, 0.3) is 0 Å². The molecule has 21 heavy (non-hydrogen) atoms. The lowest BCUT2D eigenvalue weighted by Gasteiger charge is -2.20. The minimum absolute atomic E-state index is 0.586. The molecule has 0 radical (unpaired) electrons. The first-order valence-corrected chi connectivity index (χ1v) is 8.41. The van der Waals surface area contributed by atoms with Gasteiger partial charge >= 0.3 is 0 Å². The Hall–Kier alpha value is -1.36. The van der Waals surface area contributed by atoms with Gasteiger partial charge in [0.1, 0.15) is 17.5 Å². The third-order valence-electron chi connectivity index (χ3n) is 4.22. The van der Waals surface area contributed by atoms with Gasteiger partial charge in [0.15, 0.2) is 0 Å². The highest BCUT2D eigenvalue weighted by Crippen LogP contribution is 2.38. The van der Waals surface area contributed by atoms with Crippen LogP contribution < -0.4 is 10.6 Å². The first-order valence-electron chi connectivity index (χ1n) is 8.41. The van der Waals surface area contributed by atoms with Crippen LogP contribution >= 0.6 is 0 Å². The van der Waals surface area contributed by atoms with Crippen molar-refractivity contribution in [2.45, 2.75) is 51.5 Å². The van der Waals surface area contributed by atoms with E-state index in [1.807, 2.05) is 6.07 Å². The normalized spacial score (nSPS) is 18.0. The Balaban J connectivity index is 1.58. The number of likely N-dealkylation sites (N-methyl/N-ethyl adjacent to an activating group) is 1. The summed E-state index contributed by atoms with van der Waals surface area (Å²) in [5.41, 5.74) is 0. The second kappa shape index (κ2) is 6.60. The van der Waals surface area contributed by atoms with Gasteiger partial charge in [-0.15, -0.1) is 0 Å². The predicted molar refractivity (Wildman–Crippen MR) is 86.9 cm³/mol. The number of anilines is 2. The molecule has 1 aromatic heterocycles. The molecule has 2 saturated carbocycles. The Labute approximate surface area is 127 Å². The molecule has 1 aromatic rings. The first kappa shape index (κ1) is 14.6. The first-order chi connectivity index (χ1) is 10.3. The van der Waals surface area contributed by atoms with E-state index in [9.17, 15) is 0 Å². The van der Waals surface area contributed by atoms with Crippen molar-refractivity contribution < 1.29 is 0 Å². The van der Waals surface area contributed by atoms with Crippen LogP contribution in [-0.4, -0.2) is 47.1 Å². The number of rotatable bonds is 9. The molecular weight excluding hydrogens is 262 g/mol. The van der Waals surface area contributed by atoms with Crippen molar-refractivity contribution >= 4 is 11.6 Å². The molecule has 0 aliphatic heterocycles. The van der Waals surface area contributed by atoms with E-state index in [0.717, 1.165) is 49.7 Å².